The first-order valence-electron chi connectivity index (χ1n) is 5.85. The van der Waals surface area contributed by atoms with E-state index in [1.165, 1.54) is 5.56 Å². The van der Waals surface area contributed by atoms with Gasteiger partial charge in [0.15, 0.2) is 0 Å². The molecule has 0 aliphatic heterocycles. The maximum atomic E-state index is 3.61. The molecule has 15 heavy (non-hydrogen) atoms. The van der Waals surface area contributed by atoms with Gasteiger partial charge in [0.25, 0.3) is 0 Å². The molecule has 0 amide bonds. The van der Waals surface area contributed by atoms with Crippen LogP contribution in [0, 0.1) is 0 Å². The van der Waals surface area contributed by atoms with Gasteiger partial charge in [-0.1, -0.05) is 44.2 Å². The van der Waals surface area contributed by atoms with Gasteiger partial charge in [-0.25, -0.2) is 0 Å². The number of rotatable bonds is 5. The fraction of sp³-hybridized carbons (Fsp3) is 0.571. The Hall–Kier alpha value is -0.820. The minimum absolute atomic E-state index is 0.253. The standard InChI is InChI=1S/C14H23N/c1-5-14(3,4)15-11-12(2)13-9-7-6-8-10-13/h6-10,12,15H,5,11H2,1-4H3. The zero-order chi connectivity index (χ0) is 11.3. The Morgan fingerprint density at radius 2 is 1.80 bits per heavy atom. The van der Waals surface area contributed by atoms with Crippen LogP contribution in [0.5, 0.6) is 0 Å². The summed E-state index contributed by atoms with van der Waals surface area (Å²) in [6.07, 6.45) is 1.16. The summed E-state index contributed by atoms with van der Waals surface area (Å²) in [6, 6.07) is 10.7. The molecular formula is C14H23N. The van der Waals surface area contributed by atoms with E-state index in [0.29, 0.717) is 5.92 Å². The van der Waals surface area contributed by atoms with E-state index in [9.17, 15) is 0 Å². The molecule has 84 valence electrons. The molecule has 1 nitrogen and oxygen atoms in total. The van der Waals surface area contributed by atoms with Crippen molar-refractivity contribution in [3.63, 3.8) is 0 Å². The second-order valence-corrected chi connectivity index (χ2v) is 4.93. The van der Waals surface area contributed by atoms with Gasteiger partial charge in [-0.3, -0.25) is 0 Å². The Morgan fingerprint density at radius 1 is 1.20 bits per heavy atom. The lowest BCUT2D eigenvalue weighted by molar-refractivity contribution is 0.367. The van der Waals surface area contributed by atoms with E-state index in [-0.39, 0.29) is 5.54 Å². The lowest BCUT2D eigenvalue weighted by Gasteiger charge is -2.26. The molecule has 0 bridgehead atoms. The van der Waals surface area contributed by atoms with Crippen LogP contribution in [0.2, 0.25) is 0 Å². The van der Waals surface area contributed by atoms with Crippen LogP contribution in [0.4, 0.5) is 0 Å². The first-order chi connectivity index (χ1) is 7.05. The number of hydrogen-bond acceptors (Lipinski definition) is 1. The highest BCUT2D eigenvalue weighted by Crippen LogP contribution is 2.15. The van der Waals surface area contributed by atoms with Crippen molar-refractivity contribution in [1.82, 2.24) is 5.32 Å². The van der Waals surface area contributed by atoms with Crippen LogP contribution >= 0.6 is 0 Å². The van der Waals surface area contributed by atoms with Crippen LogP contribution in [0.15, 0.2) is 30.3 Å². The van der Waals surface area contributed by atoms with Gasteiger partial charge >= 0.3 is 0 Å². The Balaban J connectivity index is 2.47. The summed E-state index contributed by atoms with van der Waals surface area (Å²) in [4.78, 5) is 0. The molecule has 0 aliphatic carbocycles. The van der Waals surface area contributed by atoms with Gasteiger partial charge in [0.2, 0.25) is 0 Å². The van der Waals surface area contributed by atoms with Gasteiger partial charge < -0.3 is 5.32 Å². The molecule has 1 aromatic carbocycles. The van der Waals surface area contributed by atoms with E-state index in [2.05, 4.69) is 63.3 Å². The quantitative estimate of drug-likeness (QED) is 0.775. The summed E-state index contributed by atoms with van der Waals surface area (Å²) in [6.45, 7) is 10.1. The van der Waals surface area contributed by atoms with E-state index in [4.69, 9.17) is 0 Å². The lowest BCUT2D eigenvalue weighted by Crippen LogP contribution is -2.40. The Kier molecular flexibility index (Phi) is 4.34. The Morgan fingerprint density at radius 3 is 2.33 bits per heavy atom. The van der Waals surface area contributed by atoms with E-state index in [1.54, 1.807) is 0 Å². The van der Waals surface area contributed by atoms with Gasteiger partial charge in [0, 0.05) is 12.1 Å². The largest absolute Gasteiger partial charge is 0.311 e. The number of benzene rings is 1. The van der Waals surface area contributed by atoms with E-state index >= 15 is 0 Å². The predicted octanol–water partition coefficient (Wildman–Crippen LogP) is 3.57. The van der Waals surface area contributed by atoms with E-state index in [1.807, 2.05) is 0 Å². The van der Waals surface area contributed by atoms with Gasteiger partial charge in [-0.15, -0.1) is 0 Å². The minimum atomic E-state index is 0.253. The van der Waals surface area contributed by atoms with Gasteiger partial charge in [-0.2, -0.15) is 0 Å². The van der Waals surface area contributed by atoms with Crippen molar-refractivity contribution in [3.8, 4) is 0 Å². The molecule has 0 saturated heterocycles. The summed E-state index contributed by atoms with van der Waals surface area (Å²) < 4.78 is 0. The monoisotopic (exact) mass is 205 g/mol. The summed E-state index contributed by atoms with van der Waals surface area (Å²) in [5.41, 5.74) is 1.67. The minimum Gasteiger partial charge on any atom is -0.311 e. The topological polar surface area (TPSA) is 12.0 Å². The Bertz CT molecular complexity index is 277. The van der Waals surface area contributed by atoms with Gasteiger partial charge in [0.05, 0.1) is 0 Å². The van der Waals surface area contributed by atoms with Crippen LogP contribution in [-0.4, -0.2) is 12.1 Å². The Labute approximate surface area is 93.9 Å². The third-order valence-electron chi connectivity index (χ3n) is 3.14. The van der Waals surface area contributed by atoms with Crippen molar-refractivity contribution in [3.05, 3.63) is 35.9 Å². The second kappa shape index (κ2) is 5.32. The molecule has 0 fully saturated rings. The van der Waals surface area contributed by atoms with Crippen molar-refractivity contribution in [1.29, 1.82) is 0 Å². The third kappa shape index (κ3) is 4.05. The zero-order valence-corrected chi connectivity index (χ0v) is 10.4. The van der Waals surface area contributed by atoms with Gasteiger partial charge in [-0.05, 0) is 31.7 Å². The molecule has 1 N–H and O–H groups in total. The number of hydrogen-bond donors (Lipinski definition) is 1. The SMILES string of the molecule is CCC(C)(C)NCC(C)c1ccccc1. The fourth-order valence-corrected chi connectivity index (χ4v) is 1.45. The molecule has 0 aromatic heterocycles. The fourth-order valence-electron chi connectivity index (χ4n) is 1.45. The van der Waals surface area contributed by atoms with Crippen molar-refractivity contribution in [2.24, 2.45) is 0 Å². The molecule has 0 aliphatic rings. The molecule has 1 heteroatoms. The normalized spacial score (nSPS) is 13.9. The highest BCUT2D eigenvalue weighted by Gasteiger charge is 2.15. The van der Waals surface area contributed by atoms with E-state index in [0.717, 1.165) is 13.0 Å². The highest BCUT2D eigenvalue weighted by molar-refractivity contribution is 5.19. The first-order valence-corrected chi connectivity index (χ1v) is 5.85. The maximum absolute atomic E-state index is 3.61. The van der Waals surface area contributed by atoms with Crippen LogP contribution in [0.1, 0.15) is 45.6 Å². The molecule has 1 rings (SSSR count). The smallest absolute Gasteiger partial charge is 0.0122 e. The first kappa shape index (κ1) is 12.3. The van der Waals surface area contributed by atoms with Crippen LogP contribution in [-0.2, 0) is 0 Å². The van der Waals surface area contributed by atoms with Crippen molar-refractivity contribution < 1.29 is 0 Å². The van der Waals surface area contributed by atoms with Crippen molar-refractivity contribution in [2.75, 3.05) is 6.54 Å². The van der Waals surface area contributed by atoms with Crippen LogP contribution in [0.3, 0.4) is 0 Å². The molecule has 0 spiro atoms. The molecule has 1 atom stereocenters. The number of nitrogens with one attached hydrogen (secondary N) is 1. The summed E-state index contributed by atoms with van der Waals surface area (Å²) in [7, 11) is 0. The maximum Gasteiger partial charge on any atom is 0.0122 e. The molecule has 1 unspecified atom stereocenters. The van der Waals surface area contributed by atoms with Gasteiger partial charge in [0.1, 0.15) is 0 Å². The summed E-state index contributed by atoms with van der Waals surface area (Å²) in [5.74, 6) is 0.581. The van der Waals surface area contributed by atoms with E-state index < -0.39 is 0 Å². The summed E-state index contributed by atoms with van der Waals surface area (Å²) >= 11 is 0. The molecule has 0 heterocycles. The summed E-state index contributed by atoms with van der Waals surface area (Å²) in [5, 5.41) is 3.61. The molecule has 0 saturated carbocycles. The van der Waals surface area contributed by atoms with Crippen molar-refractivity contribution in [2.45, 2.75) is 45.6 Å². The van der Waals surface area contributed by atoms with Crippen LogP contribution in [0.25, 0.3) is 0 Å². The predicted molar refractivity (Wildman–Crippen MR) is 67.2 cm³/mol. The average Bonchev–Trinajstić information content (AvgIpc) is 2.27. The second-order valence-electron chi connectivity index (χ2n) is 4.93. The average molecular weight is 205 g/mol. The zero-order valence-electron chi connectivity index (χ0n) is 10.4. The van der Waals surface area contributed by atoms with Crippen molar-refractivity contribution >= 4 is 0 Å². The molecule has 1 aromatic rings. The highest BCUT2D eigenvalue weighted by atomic mass is 14.9. The van der Waals surface area contributed by atoms with Crippen LogP contribution < -0.4 is 5.32 Å². The third-order valence-corrected chi connectivity index (χ3v) is 3.14. The molecule has 0 radical (unpaired) electrons. The molecular weight excluding hydrogens is 182 g/mol. The lowest BCUT2D eigenvalue weighted by atomic mass is 9.97.